The largest absolute Gasteiger partial charge is 0.476 e. The highest BCUT2D eigenvalue weighted by Crippen LogP contribution is 2.23. The Bertz CT molecular complexity index is 578. The third kappa shape index (κ3) is 2.21. The van der Waals surface area contributed by atoms with E-state index in [2.05, 4.69) is 21.0 Å². The second kappa shape index (κ2) is 4.50. The maximum absolute atomic E-state index is 10.9. The summed E-state index contributed by atoms with van der Waals surface area (Å²) >= 11 is 9.25. The van der Waals surface area contributed by atoms with Gasteiger partial charge in [0.05, 0.1) is 16.4 Å². The predicted molar refractivity (Wildman–Crippen MR) is 68.0 cm³/mol. The first kappa shape index (κ1) is 12.1. The van der Waals surface area contributed by atoms with Crippen molar-refractivity contribution in [3.8, 4) is 5.69 Å². The Labute approximate surface area is 111 Å². The Hall–Kier alpha value is -1.33. The number of carboxylic acids is 1. The van der Waals surface area contributed by atoms with Crippen LogP contribution in [0.5, 0.6) is 0 Å². The third-order valence-electron chi connectivity index (χ3n) is 2.32. The van der Waals surface area contributed by atoms with Gasteiger partial charge in [0.25, 0.3) is 0 Å². The fraction of sp³-hybridized carbons (Fsp3) is 0.0909. The molecule has 17 heavy (non-hydrogen) atoms. The molecule has 2 rings (SSSR count). The van der Waals surface area contributed by atoms with Gasteiger partial charge in [-0.1, -0.05) is 27.5 Å². The molecule has 1 N–H and O–H groups in total. The lowest BCUT2D eigenvalue weighted by atomic mass is 10.3. The number of aromatic nitrogens is 2. The molecule has 0 aliphatic heterocycles. The first-order valence-electron chi connectivity index (χ1n) is 4.75. The van der Waals surface area contributed by atoms with Gasteiger partial charge in [-0.3, -0.25) is 0 Å². The smallest absolute Gasteiger partial charge is 0.358 e. The quantitative estimate of drug-likeness (QED) is 0.925. The van der Waals surface area contributed by atoms with Crippen LogP contribution in [0.2, 0.25) is 5.02 Å². The third-order valence-corrected chi connectivity index (χ3v) is 3.30. The molecule has 0 atom stereocenters. The highest BCUT2D eigenvalue weighted by atomic mass is 79.9. The van der Waals surface area contributed by atoms with Crippen LogP contribution in [0.25, 0.3) is 5.69 Å². The molecule has 2 aromatic rings. The van der Waals surface area contributed by atoms with E-state index in [0.717, 1.165) is 10.2 Å². The minimum atomic E-state index is -1.13. The molecule has 0 saturated carbocycles. The van der Waals surface area contributed by atoms with Crippen molar-refractivity contribution >= 4 is 33.5 Å². The van der Waals surface area contributed by atoms with E-state index in [0.29, 0.717) is 5.69 Å². The Kier molecular flexibility index (Phi) is 3.22. The van der Waals surface area contributed by atoms with Gasteiger partial charge in [-0.15, -0.1) is 0 Å². The second-order valence-corrected chi connectivity index (χ2v) is 4.74. The van der Waals surface area contributed by atoms with Crippen molar-refractivity contribution in [1.29, 1.82) is 0 Å². The van der Waals surface area contributed by atoms with E-state index in [9.17, 15) is 4.79 Å². The molecule has 0 amide bonds. The summed E-state index contributed by atoms with van der Waals surface area (Å²) in [5, 5.41) is 13.1. The van der Waals surface area contributed by atoms with Crippen molar-refractivity contribution in [3.05, 3.63) is 45.1 Å². The summed E-state index contributed by atoms with van der Waals surface area (Å²) in [5.74, 6) is -1.13. The standard InChI is InChI=1S/C11H8BrClN2O2/c1-6-9(13)10(11(16)17)14-15(6)8-4-2-7(12)3-5-8/h2-5H,1H3,(H,16,17). The molecule has 0 bridgehead atoms. The summed E-state index contributed by atoms with van der Waals surface area (Å²) in [7, 11) is 0. The summed E-state index contributed by atoms with van der Waals surface area (Å²) in [4.78, 5) is 10.9. The van der Waals surface area contributed by atoms with Gasteiger partial charge >= 0.3 is 5.97 Å². The molecule has 1 aromatic heterocycles. The van der Waals surface area contributed by atoms with E-state index in [4.69, 9.17) is 16.7 Å². The van der Waals surface area contributed by atoms with Crippen molar-refractivity contribution in [2.45, 2.75) is 6.92 Å². The molecular formula is C11H8BrClN2O2. The summed E-state index contributed by atoms with van der Waals surface area (Å²) in [5.41, 5.74) is 1.23. The number of carbonyl (C=O) groups is 1. The van der Waals surface area contributed by atoms with Gasteiger partial charge in [0.1, 0.15) is 0 Å². The molecule has 0 spiro atoms. The van der Waals surface area contributed by atoms with Crippen LogP contribution < -0.4 is 0 Å². The molecule has 0 aliphatic rings. The van der Waals surface area contributed by atoms with E-state index < -0.39 is 5.97 Å². The van der Waals surface area contributed by atoms with Gasteiger partial charge in [-0.25, -0.2) is 9.48 Å². The summed E-state index contributed by atoms with van der Waals surface area (Å²) < 4.78 is 2.45. The van der Waals surface area contributed by atoms with Crippen molar-refractivity contribution < 1.29 is 9.90 Å². The number of nitrogens with zero attached hydrogens (tertiary/aromatic N) is 2. The van der Waals surface area contributed by atoms with E-state index in [-0.39, 0.29) is 10.7 Å². The SMILES string of the molecule is Cc1c(Cl)c(C(=O)O)nn1-c1ccc(Br)cc1. The number of aromatic carboxylic acids is 1. The van der Waals surface area contributed by atoms with Gasteiger partial charge < -0.3 is 5.11 Å². The zero-order chi connectivity index (χ0) is 12.6. The highest BCUT2D eigenvalue weighted by Gasteiger charge is 2.19. The van der Waals surface area contributed by atoms with Gasteiger partial charge in [0, 0.05) is 4.47 Å². The van der Waals surface area contributed by atoms with Crippen LogP contribution >= 0.6 is 27.5 Å². The van der Waals surface area contributed by atoms with E-state index >= 15 is 0 Å². The molecule has 0 saturated heterocycles. The maximum Gasteiger partial charge on any atom is 0.358 e. The zero-order valence-corrected chi connectivity index (χ0v) is 11.2. The molecule has 88 valence electrons. The molecule has 0 unspecified atom stereocenters. The fourth-order valence-electron chi connectivity index (χ4n) is 1.45. The van der Waals surface area contributed by atoms with Gasteiger partial charge in [0.2, 0.25) is 0 Å². The molecule has 1 heterocycles. The number of rotatable bonds is 2. The average Bonchev–Trinajstić information content (AvgIpc) is 2.58. The van der Waals surface area contributed by atoms with Crippen molar-refractivity contribution in [3.63, 3.8) is 0 Å². The maximum atomic E-state index is 10.9. The monoisotopic (exact) mass is 314 g/mol. The topological polar surface area (TPSA) is 55.1 Å². The fourth-order valence-corrected chi connectivity index (χ4v) is 1.92. The molecule has 4 nitrogen and oxygen atoms in total. The second-order valence-electron chi connectivity index (χ2n) is 3.44. The number of hydrogen-bond donors (Lipinski definition) is 1. The lowest BCUT2D eigenvalue weighted by Crippen LogP contribution is -2.02. The van der Waals surface area contributed by atoms with Crippen LogP contribution in [0.4, 0.5) is 0 Å². The van der Waals surface area contributed by atoms with E-state index in [1.807, 2.05) is 24.3 Å². The van der Waals surface area contributed by atoms with Crippen LogP contribution in [0.3, 0.4) is 0 Å². The summed E-state index contributed by atoms with van der Waals surface area (Å²) in [6, 6.07) is 7.35. The van der Waals surface area contributed by atoms with Crippen molar-refractivity contribution in [1.82, 2.24) is 9.78 Å². The van der Waals surface area contributed by atoms with E-state index in [1.165, 1.54) is 4.68 Å². The van der Waals surface area contributed by atoms with Crippen molar-refractivity contribution in [2.24, 2.45) is 0 Å². The Morgan fingerprint density at radius 1 is 1.41 bits per heavy atom. The molecule has 1 aromatic carbocycles. The minimum Gasteiger partial charge on any atom is -0.476 e. The lowest BCUT2D eigenvalue weighted by Gasteiger charge is -2.03. The Balaban J connectivity index is 2.56. The van der Waals surface area contributed by atoms with Crippen LogP contribution in [-0.4, -0.2) is 20.9 Å². The first-order chi connectivity index (χ1) is 8.00. The zero-order valence-electron chi connectivity index (χ0n) is 8.82. The van der Waals surface area contributed by atoms with E-state index in [1.54, 1.807) is 6.92 Å². The summed E-state index contributed by atoms with van der Waals surface area (Å²) in [6.45, 7) is 1.73. The van der Waals surface area contributed by atoms with Gasteiger partial charge in [0.15, 0.2) is 5.69 Å². The first-order valence-corrected chi connectivity index (χ1v) is 5.92. The number of hydrogen-bond acceptors (Lipinski definition) is 2. The molecule has 0 aliphatic carbocycles. The highest BCUT2D eigenvalue weighted by molar-refractivity contribution is 9.10. The molecular weight excluding hydrogens is 307 g/mol. The normalized spacial score (nSPS) is 10.5. The Morgan fingerprint density at radius 2 is 2.00 bits per heavy atom. The number of halogens is 2. The van der Waals surface area contributed by atoms with Crippen molar-refractivity contribution in [2.75, 3.05) is 0 Å². The Morgan fingerprint density at radius 3 is 2.47 bits per heavy atom. The lowest BCUT2D eigenvalue weighted by molar-refractivity contribution is 0.0690. The number of benzene rings is 1. The summed E-state index contributed by atoms with van der Waals surface area (Å²) in [6.07, 6.45) is 0. The number of carboxylic acid groups (broad SMARTS) is 1. The van der Waals surface area contributed by atoms with Gasteiger partial charge in [-0.05, 0) is 31.2 Å². The molecule has 6 heteroatoms. The van der Waals surface area contributed by atoms with Crippen LogP contribution in [0, 0.1) is 6.92 Å². The van der Waals surface area contributed by atoms with Crippen LogP contribution in [-0.2, 0) is 0 Å². The molecule has 0 fully saturated rings. The predicted octanol–water partition coefficient (Wildman–Crippen LogP) is 3.29. The molecule has 0 radical (unpaired) electrons. The minimum absolute atomic E-state index is 0.132. The van der Waals surface area contributed by atoms with Gasteiger partial charge in [-0.2, -0.15) is 5.10 Å². The average molecular weight is 316 g/mol. The van der Waals surface area contributed by atoms with Crippen LogP contribution in [0.15, 0.2) is 28.7 Å². The van der Waals surface area contributed by atoms with Crippen LogP contribution in [0.1, 0.15) is 16.2 Å².